The van der Waals surface area contributed by atoms with Crippen LogP contribution in [-0.2, 0) is 11.2 Å². The van der Waals surface area contributed by atoms with Gasteiger partial charge in [0.25, 0.3) is 0 Å². The molecule has 1 aliphatic heterocycles. The Balaban J connectivity index is 1.70. The Hall–Kier alpha value is -1.55. The van der Waals surface area contributed by atoms with Crippen LogP contribution in [-0.4, -0.2) is 37.2 Å². The van der Waals surface area contributed by atoms with Crippen molar-refractivity contribution in [1.82, 2.24) is 4.90 Å². The van der Waals surface area contributed by atoms with E-state index < -0.39 is 0 Å². The van der Waals surface area contributed by atoms with E-state index in [1.807, 2.05) is 30.2 Å². The molecule has 1 heterocycles. The Morgan fingerprint density at radius 3 is 2.91 bits per heavy atom. The number of methoxy groups -OCH3 is 1. The van der Waals surface area contributed by atoms with Gasteiger partial charge in [-0.15, -0.1) is 0 Å². The number of nitrogens with one attached hydrogen (secondary N) is 1. The average molecular weight is 316 g/mol. The molecule has 2 fully saturated rings. The molecule has 1 saturated heterocycles. The summed E-state index contributed by atoms with van der Waals surface area (Å²) in [4.78, 5) is 14.7. The summed E-state index contributed by atoms with van der Waals surface area (Å²) in [7, 11) is 1.81. The third-order valence-corrected chi connectivity index (χ3v) is 5.64. The van der Waals surface area contributed by atoms with Gasteiger partial charge in [0.2, 0.25) is 0 Å². The lowest BCUT2D eigenvalue weighted by Crippen LogP contribution is -2.51. The normalized spacial score (nSPS) is 27.4. The van der Waals surface area contributed by atoms with Gasteiger partial charge >= 0.3 is 6.03 Å². The van der Waals surface area contributed by atoms with E-state index in [4.69, 9.17) is 4.74 Å². The van der Waals surface area contributed by atoms with Gasteiger partial charge < -0.3 is 15.0 Å². The summed E-state index contributed by atoms with van der Waals surface area (Å²) in [5.41, 5.74) is 2.30. The number of rotatable bonds is 3. The number of para-hydroxylation sites is 1. The number of urea groups is 1. The second-order valence-corrected chi connectivity index (χ2v) is 6.94. The molecule has 0 aromatic heterocycles. The molecule has 2 aliphatic rings. The first-order chi connectivity index (χ1) is 11.2. The second kappa shape index (κ2) is 6.91. The number of ether oxygens (including phenoxy) is 1. The predicted octanol–water partition coefficient (Wildman–Crippen LogP) is 4.06. The van der Waals surface area contributed by atoms with Gasteiger partial charge in [-0.2, -0.15) is 0 Å². The van der Waals surface area contributed by atoms with Gasteiger partial charge in [-0.3, -0.25) is 0 Å². The number of anilines is 1. The zero-order valence-corrected chi connectivity index (χ0v) is 14.3. The van der Waals surface area contributed by atoms with E-state index in [1.54, 1.807) is 0 Å². The third-order valence-electron chi connectivity index (χ3n) is 5.64. The summed E-state index contributed by atoms with van der Waals surface area (Å²) >= 11 is 0. The molecule has 126 valence electrons. The summed E-state index contributed by atoms with van der Waals surface area (Å²) in [6, 6.07) is 8.10. The molecule has 4 nitrogen and oxygen atoms in total. The number of amides is 2. The van der Waals surface area contributed by atoms with Crippen molar-refractivity contribution in [2.45, 2.75) is 51.6 Å². The van der Waals surface area contributed by atoms with E-state index in [-0.39, 0.29) is 11.4 Å². The zero-order valence-electron chi connectivity index (χ0n) is 14.3. The number of aryl methyl sites for hydroxylation is 1. The average Bonchev–Trinajstić information content (AvgIpc) is 2.97. The predicted molar refractivity (Wildman–Crippen MR) is 92.7 cm³/mol. The van der Waals surface area contributed by atoms with Crippen LogP contribution >= 0.6 is 0 Å². The van der Waals surface area contributed by atoms with Crippen molar-refractivity contribution in [3.63, 3.8) is 0 Å². The number of hydrogen-bond donors (Lipinski definition) is 1. The lowest BCUT2D eigenvalue weighted by atomic mass is 9.76. The minimum absolute atomic E-state index is 0.0340. The first-order valence-electron chi connectivity index (χ1n) is 8.85. The minimum Gasteiger partial charge on any atom is -0.381 e. The number of nitrogens with zero attached hydrogens (tertiary/aromatic N) is 1. The molecule has 1 spiro atoms. The van der Waals surface area contributed by atoms with Crippen molar-refractivity contribution in [3.05, 3.63) is 29.8 Å². The number of benzene rings is 1. The maximum absolute atomic E-state index is 12.7. The number of carbonyl (C=O) groups is 1. The highest BCUT2D eigenvalue weighted by molar-refractivity contribution is 5.90. The maximum Gasteiger partial charge on any atom is 0.321 e. The molecule has 0 unspecified atom stereocenters. The van der Waals surface area contributed by atoms with Crippen molar-refractivity contribution in [2.75, 3.05) is 25.5 Å². The van der Waals surface area contributed by atoms with Gasteiger partial charge in [-0.25, -0.2) is 4.79 Å². The quantitative estimate of drug-likeness (QED) is 0.913. The highest BCUT2D eigenvalue weighted by Gasteiger charge is 2.46. The number of carbonyl (C=O) groups excluding carboxylic acids is 1. The van der Waals surface area contributed by atoms with Crippen molar-refractivity contribution in [1.29, 1.82) is 0 Å². The van der Waals surface area contributed by atoms with Crippen LogP contribution in [0.1, 0.15) is 44.6 Å². The van der Waals surface area contributed by atoms with Gasteiger partial charge in [0, 0.05) is 31.3 Å². The Labute approximate surface area is 139 Å². The first kappa shape index (κ1) is 16.3. The van der Waals surface area contributed by atoms with Crippen LogP contribution in [0.5, 0.6) is 0 Å². The topological polar surface area (TPSA) is 41.6 Å². The summed E-state index contributed by atoms with van der Waals surface area (Å²) in [5, 5.41) is 3.12. The first-order valence-corrected chi connectivity index (χ1v) is 8.85. The Morgan fingerprint density at radius 1 is 1.35 bits per heavy atom. The second-order valence-electron chi connectivity index (χ2n) is 6.94. The van der Waals surface area contributed by atoms with Crippen molar-refractivity contribution in [2.24, 2.45) is 5.41 Å². The number of hydrogen-bond acceptors (Lipinski definition) is 2. The van der Waals surface area contributed by atoms with E-state index in [9.17, 15) is 4.79 Å². The van der Waals surface area contributed by atoms with Crippen molar-refractivity contribution < 1.29 is 9.53 Å². The van der Waals surface area contributed by atoms with Gasteiger partial charge in [-0.05, 0) is 43.7 Å². The SMILES string of the molecule is CCc1ccccc1NC(=O)N1CCC[C@]2(CCC[C@H]2OC)C1. The van der Waals surface area contributed by atoms with E-state index in [2.05, 4.69) is 18.3 Å². The fourth-order valence-corrected chi connectivity index (χ4v) is 4.42. The molecule has 1 aromatic rings. The third kappa shape index (κ3) is 3.23. The molecular weight excluding hydrogens is 288 g/mol. The van der Waals surface area contributed by atoms with Crippen LogP contribution in [0.3, 0.4) is 0 Å². The van der Waals surface area contributed by atoms with Gasteiger partial charge in [-0.1, -0.05) is 31.5 Å². The fourth-order valence-electron chi connectivity index (χ4n) is 4.42. The summed E-state index contributed by atoms with van der Waals surface area (Å²) in [5.74, 6) is 0. The summed E-state index contributed by atoms with van der Waals surface area (Å²) < 4.78 is 5.73. The van der Waals surface area contributed by atoms with Crippen LogP contribution in [0.25, 0.3) is 0 Å². The monoisotopic (exact) mass is 316 g/mol. The van der Waals surface area contributed by atoms with E-state index in [0.29, 0.717) is 6.10 Å². The highest BCUT2D eigenvalue weighted by Crippen LogP contribution is 2.46. The lowest BCUT2D eigenvalue weighted by Gasteiger charge is -2.43. The van der Waals surface area contributed by atoms with E-state index >= 15 is 0 Å². The number of piperidine rings is 1. The molecule has 2 atom stereocenters. The van der Waals surface area contributed by atoms with Crippen molar-refractivity contribution >= 4 is 11.7 Å². The minimum atomic E-state index is 0.0340. The molecule has 4 heteroatoms. The summed E-state index contributed by atoms with van der Waals surface area (Å²) in [6.07, 6.45) is 7.01. The molecule has 0 radical (unpaired) electrons. The highest BCUT2D eigenvalue weighted by atomic mass is 16.5. The molecule has 1 aliphatic carbocycles. The van der Waals surface area contributed by atoms with Crippen LogP contribution in [0.15, 0.2) is 24.3 Å². The maximum atomic E-state index is 12.7. The molecule has 1 N–H and O–H groups in total. The van der Waals surface area contributed by atoms with Gasteiger partial charge in [0.05, 0.1) is 6.10 Å². The van der Waals surface area contributed by atoms with E-state index in [0.717, 1.165) is 38.0 Å². The lowest BCUT2D eigenvalue weighted by molar-refractivity contribution is -0.0244. The fraction of sp³-hybridized carbons (Fsp3) is 0.632. The van der Waals surface area contributed by atoms with Gasteiger partial charge in [0.15, 0.2) is 0 Å². The summed E-state index contributed by atoms with van der Waals surface area (Å²) in [6.45, 7) is 3.78. The van der Waals surface area contributed by atoms with Crippen LogP contribution in [0.4, 0.5) is 10.5 Å². The molecule has 3 rings (SSSR count). The van der Waals surface area contributed by atoms with Crippen LogP contribution in [0.2, 0.25) is 0 Å². The van der Waals surface area contributed by atoms with Crippen molar-refractivity contribution in [3.8, 4) is 0 Å². The number of likely N-dealkylation sites (tertiary alicyclic amines) is 1. The van der Waals surface area contributed by atoms with E-state index in [1.165, 1.54) is 24.8 Å². The zero-order chi connectivity index (χ0) is 16.3. The largest absolute Gasteiger partial charge is 0.381 e. The Morgan fingerprint density at radius 2 is 2.13 bits per heavy atom. The Kier molecular flexibility index (Phi) is 4.90. The molecule has 2 amide bonds. The molecular formula is C19H28N2O2. The van der Waals surface area contributed by atoms with Crippen LogP contribution < -0.4 is 5.32 Å². The Bertz CT molecular complexity index is 560. The van der Waals surface area contributed by atoms with Gasteiger partial charge in [0.1, 0.15) is 0 Å². The van der Waals surface area contributed by atoms with Crippen LogP contribution in [0, 0.1) is 5.41 Å². The molecule has 1 saturated carbocycles. The molecule has 1 aromatic carbocycles. The molecule has 0 bridgehead atoms. The smallest absolute Gasteiger partial charge is 0.321 e. The standard InChI is InChI=1S/C19H28N2O2/c1-3-15-8-4-5-9-16(15)20-18(22)21-13-7-12-19(14-21)11-6-10-17(19)23-2/h4-5,8-9,17H,3,6-7,10-14H2,1-2H3,(H,20,22)/t17-,19-/m1/s1. The molecule has 23 heavy (non-hydrogen) atoms.